The van der Waals surface area contributed by atoms with Crippen LogP contribution in [0.3, 0.4) is 0 Å². The number of hydrogen-bond donors (Lipinski definition) is 2. The maximum absolute atomic E-state index is 9.08. The summed E-state index contributed by atoms with van der Waals surface area (Å²) in [5.74, 6) is 0. The lowest BCUT2D eigenvalue weighted by Crippen LogP contribution is -2.47. The highest BCUT2D eigenvalue weighted by Crippen LogP contribution is 2.33. The predicted octanol–water partition coefficient (Wildman–Crippen LogP) is 2.85. The molecular weight excluding hydrogens is 372 g/mol. The molecule has 8 heteroatoms. The summed E-state index contributed by atoms with van der Waals surface area (Å²) in [6, 6.07) is 4.05. The Morgan fingerprint density at radius 3 is 2.77 bits per heavy atom. The molecule has 2 aromatic rings. The number of ether oxygens (including phenoxy) is 1. The van der Waals surface area contributed by atoms with Crippen molar-refractivity contribution in [3.8, 4) is 0 Å². The van der Waals surface area contributed by atoms with Crippen LogP contribution in [-0.4, -0.2) is 78.3 Å². The van der Waals surface area contributed by atoms with Crippen LogP contribution in [0.25, 0.3) is 11.0 Å². The molecule has 3 rings (SSSR count). The number of imidazole rings is 1. The number of aromatic nitrogens is 2. The lowest BCUT2D eigenvalue weighted by molar-refractivity contribution is 0.189. The van der Waals surface area contributed by atoms with Gasteiger partial charge in [-0.15, -0.1) is 0 Å². The van der Waals surface area contributed by atoms with E-state index in [0.29, 0.717) is 11.9 Å². The fourth-order valence-electron chi connectivity index (χ4n) is 3.23. The van der Waals surface area contributed by atoms with Crippen LogP contribution in [0.1, 0.15) is 13.3 Å². The maximum atomic E-state index is 9.08. The summed E-state index contributed by atoms with van der Waals surface area (Å²) < 4.78 is 5.27. The molecule has 2 heterocycles. The van der Waals surface area contributed by atoms with Crippen molar-refractivity contribution in [3.05, 3.63) is 17.2 Å². The average molecular weight is 399 g/mol. The minimum atomic E-state index is 0.211. The molecule has 2 N–H and O–H groups in total. The summed E-state index contributed by atoms with van der Waals surface area (Å²) in [5, 5.41) is 11.1. The van der Waals surface area contributed by atoms with Gasteiger partial charge in [-0.3, -0.25) is 4.90 Å². The molecule has 1 aromatic heterocycles. The maximum Gasteiger partial charge on any atom is 0.166 e. The summed E-state index contributed by atoms with van der Waals surface area (Å²) in [5.41, 5.74) is 2.94. The van der Waals surface area contributed by atoms with E-state index in [4.69, 9.17) is 26.4 Å². The van der Waals surface area contributed by atoms with Gasteiger partial charge in [0.2, 0.25) is 0 Å². The Hall–Kier alpha value is -0.990. The normalized spacial score (nSPS) is 17.2. The average Bonchev–Trinajstić information content (AvgIpc) is 3.02. The molecule has 0 amide bonds. The van der Waals surface area contributed by atoms with Crippen molar-refractivity contribution < 1.29 is 9.84 Å². The number of hydrogen-bond acceptors (Lipinski definition) is 6. The number of nitrogens with one attached hydrogen (secondary N) is 1. The second kappa shape index (κ2) is 9.28. The molecule has 1 aliphatic rings. The first kappa shape index (κ1) is 19.8. The fraction of sp³-hybridized carbons (Fsp3) is 0.611. The van der Waals surface area contributed by atoms with E-state index in [0.717, 1.165) is 66.0 Å². The zero-order chi connectivity index (χ0) is 18.5. The minimum absolute atomic E-state index is 0.211. The summed E-state index contributed by atoms with van der Waals surface area (Å²) in [6.45, 7) is 7.50. The number of aliphatic hydroxyl groups is 1. The highest BCUT2D eigenvalue weighted by atomic mass is 35.5. The largest absolute Gasteiger partial charge is 0.395 e. The van der Waals surface area contributed by atoms with Crippen LogP contribution < -0.4 is 4.90 Å². The van der Waals surface area contributed by atoms with Gasteiger partial charge >= 0.3 is 0 Å². The van der Waals surface area contributed by atoms with E-state index in [1.807, 2.05) is 6.07 Å². The first-order chi connectivity index (χ1) is 12.6. The molecule has 1 aromatic carbocycles. The van der Waals surface area contributed by atoms with Gasteiger partial charge < -0.3 is 19.7 Å². The first-order valence-electron chi connectivity index (χ1n) is 9.07. The Labute approximate surface area is 163 Å². The van der Waals surface area contributed by atoms with Gasteiger partial charge in [-0.2, -0.15) is 0 Å². The Morgan fingerprint density at radius 1 is 1.35 bits per heavy atom. The Morgan fingerprint density at radius 2 is 2.12 bits per heavy atom. The van der Waals surface area contributed by atoms with Gasteiger partial charge in [-0.05, 0) is 18.6 Å². The number of halogens is 1. The number of thioether (sulfide) groups is 1. The van der Waals surface area contributed by atoms with Gasteiger partial charge in [0, 0.05) is 45.1 Å². The van der Waals surface area contributed by atoms with Crippen LogP contribution in [-0.2, 0) is 4.74 Å². The van der Waals surface area contributed by atoms with Crippen LogP contribution in [0.15, 0.2) is 17.3 Å². The van der Waals surface area contributed by atoms with Crippen molar-refractivity contribution in [2.45, 2.75) is 23.8 Å². The van der Waals surface area contributed by atoms with Gasteiger partial charge in [0.15, 0.2) is 5.16 Å². The van der Waals surface area contributed by atoms with Gasteiger partial charge in [-0.1, -0.05) is 30.3 Å². The molecule has 0 radical (unpaired) electrons. The van der Waals surface area contributed by atoms with Crippen LogP contribution >= 0.6 is 23.4 Å². The van der Waals surface area contributed by atoms with E-state index in [9.17, 15) is 0 Å². The predicted molar refractivity (Wildman–Crippen MR) is 109 cm³/mol. The number of methoxy groups -OCH3 is 1. The highest BCUT2D eigenvalue weighted by Gasteiger charge is 2.20. The molecule has 1 saturated heterocycles. The second-order valence-corrected chi connectivity index (χ2v) is 8.21. The third-order valence-corrected chi connectivity index (χ3v) is 6.27. The Bertz CT molecular complexity index is 719. The molecule has 0 spiro atoms. The van der Waals surface area contributed by atoms with Crippen molar-refractivity contribution in [2.24, 2.45) is 0 Å². The first-order valence-corrected chi connectivity index (χ1v) is 10.3. The van der Waals surface area contributed by atoms with E-state index in [2.05, 4.69) is 27.8 Å². The number of aromatic amines is 1. The van der Waals surface area contributed by atoms with E-state index in [1.165, 1.54) is 0 Å². The molecule has 144 valence electrons. The van der Waals surface area contributed by atoms with Gasteiger partial charge in [0.25, 0.3) is 0 Å². The smallest absolute Gasteiger partial charge is 0.166 e. The van der Waals surface area contributed by atoms with Crippen molar-refractivity contribution in [3.63, 3.8) is 0 Å². The number of anilines is 1. The number of aliphatic hydroxyl groups excluding tert-OH is 1. The van der Waals surface area contributed by atoms with Crippen molar-refractivity contribution in [1.29, 1.82) is 0 Å². The summed E-state index contributed by atoms with van der Waals surface area (Å²) in [7, 11) is 1.73. The van der Waals surface area contributed by atoms with Gasteiger partial charge in [-0.25, -0.2) is 4.98 Å². The molecule has 1 fully saturated rings. The standard InChI is InChI=1S/C18H27ClN4O2S/c1-3-13(12-25-2)26-18-20-15-10-14(19)17(11-16(15)21-18)23-6-4-22(5-7-23)8-9-24/h10-11,13,24H,3-9,12H2,1-2H3,(H,20,21). The quantitative estimate of drug-likeness (QED) is 0.666. The monoisotopic (exact) mass is 398 g/mol. The van der Waals surface area contributed by atoms with E-state index in [-0.39, 0.29) is 6.61 Å². The van der Waals surface area contributed by atoms with Crippen LogP contribution in [0.2, 0.25) is 5.02 Å². The third kappa shape index (κ3) is 4.64. The van der Waals surface area contributed by atoms with E-state index in [1.54, 1.807) is 18.9 Å². The zero-order valence-electron chi connectivity index (χ0n) is 15.4. The Kier molecular flexibility index (Phi) is 7.05. The molecule has 1 atom stereocenters. The summed E-state index contributed by atoms with van der Waals surface area (Å²) >= 11 is 8.27. The third-order valence-electron chi connectivity index (χ3n) is 4.74. The molecule has 0 saturated carbocycles. The molecule has 1 aliphatic heterocycles. The fourth-order valence-corrected chi connectivity index (χ4v) is 4.52. The molecule has 6 nitrogen and oxygen atoms in total. The van der Waals surface area contributed by atoms with Crippen LogP contribution in [0, 0.1) is 0 Å². The molecule has 1 unspecified atom stereocenters. The van der Waals surface area contributed by atoms with Crippen molar-refractivity contribution in [2.75, 3.05) is 57.9 Å². The van der Waals surface area contributed by atoms with E-state index < -0.39 is 0 Å². The van der Waals surface area contributed by atoms with Crippen molar-refractivity contribution >= 4 is 40.1 Å². The summed E-state index contributed by atoms with van der Waals surface area (Å²) in [6.07, 6.45) is 1.03. The minimum Gasteiger partial charge on any atom is -0.395 e. The number of piperazine rings is 1. The number of fused-ring (bicyclic) bond motifs is 1. The summed E-state index contributed by atoms with van der Waals surface area (Å²) in [4.78, 5) is 12.7. The van der Waals surface area contributed by atoms with E-state index >= 15 is 0 Å². The number of H-pyrrole nitrogens is 1. The van der Waals surface area contributed by atoms with Crippen LogP contribution in [0.5, 0.6) is 0 Å². The number of nitrogens with zero attached hydrogens (tertiary/aromatic N) is 3. The van der Waals surface area contributed by atoms with Gasteiger partial charge in [0.05, 0.1) is 35.0 Å². The van der Waals surface area contributed by atoms with Crippen molar-refractivity contribution in [1.82, 2.24) is 14.9 Å². The molecular formula is C18H27ClN4O2S. The molecule has 26 heavy (non-hydrogen) atoms. The number of benzene rings is 1. The topological polar surface area (TPSA) is 64.6 Å². The Balaban J connectivity index is 1.75. The molecule has 0 bridgehead atoms. The SMILES string of the molecule is CCC(COC)Sc1nc2cc(N3CCN(CCO)CC3)c(Cl)cc2[nH]1. The van der Waals surface area contributed by atoms with Crippen LogP contribution in [0.4, 0.5) is 5.69 Å². The highest BCUT2D eigenvalue weighted by molar-refractivity contribution is 7.99. The zero-order valence-corrected chi connectivity index (χ0v) is 16.9. The molecule has 0 aliphatic carbocycles. The van der Waals surface area contributed by atoms with Gasteiger partial charge in [0.1, 0.15) is 0 Å². The second-order valence-electron chi connectivity index (χ2n) is 6.52. The lowest BCUT2D eigenvalue weighted by Gasteiger charge is -2.36. The number of β-amino-alcohol motifs (C(OH)–C–C–N with tert-alkyl or cyclic N) is 1. The lowest BCUT2D eigenvalue weighted by atomic mass is 10.2. The number of rotatable bonds is 8.